The highest BCUT2D eigenvalue weighted by molar-refractivity contribution is 7.99. The van der Waals surface area contributed by atoms with Crippen molar-refractivity contribution in [1.29, 1.82) is 0 Å². The molecule has 0 aromatic rings. The SMILES string of the molecule is CSC1CCC(NC(=O)C2(C(N)=S)CC(C)C2)CC1. The van der Waals surface area contributed by atoms with Crippen LogP contribution in [-0.4, -0.2) is 28.4 Å². The number of hydrogen-bond donors (Lipinski definition) is 2. The Balaban J connectivity index is 1.89. The van der Waals surface area contributed by atoms with Crippen LogP contribution in [0.2, 0.25) is 0 Å². The molecule has 2 aliphatic carbocycles. The number of rotatable bonds is 4. The van der Waals surface area contributed by atoms with Crippen LogP contribution >= 0.6 is 24.0 Å². The van der Waals surface area contributed by atoms with E-state index in [1.165, 1.54) is 12.8 Å². The van der Waals surface area contributed by atoms with Crippen LogP contribution in [0, 0.1) is 11.3 Å². The number of nitrogens with two attached hydrogens (primary N) is 1. The molecule has 0 unspecified atom stereocenters. The second-order valence-electron chi connectivity index (χ2n) is 6.14. The molecule has 1 amide bonds. The summed E-state index contributed by atoms with van der Waals surface area (Å²) >= 11 is 7.07. The Hall–Kier alpha value is -0.290. The Morgan fingerprint density at radius 3 is 2.32 bits per heavy atom. The minimum atomic E-state index is -0.550. The maximum atomic E-state index is 12.5. The highest BCUT2D eigenvalue weighted by Gasteiger charge is 2.51. The lowest BCUT2D eigenvalue weighted by atomic mass is 9.62. The largest absolute Gasteiger partial charge is 0.392 e. The zero-order valence-electron chi connectivity index (χ0n) is 11.8. The highest BCUT2D eigenvalue weighted by atomic mass is 32.2. The van der Waals surface area contributed by atoms with Gasteiger partial charge in [0.1, 0.15) is 0 Å². The average molecular weight is 300 g/mol. The van der Waals surface area contributed by atoms with Crippen molar-refractivity contribution in [3.8, 4) is 0 Å². The molecule has 3 N–H and O–H groups in total. The molecule has 2 saturated carbocycles. The lowest BCUT2D eigenvalue weighted by molar-refractivity contribution is -0.133. The third-order valence-corrected chi connectivity index (χ3v) is 6.17. The zero-order valence-corrected chi connectivity index (χ0v) is 13.4. The van der Waals surface area contributed by atoms with Gasteiger partial charge in [0.25, 0.3) is 0 Å². The van der Waals surface area contributed by atoms with Crippen LogP contribution in [0.5, 0.6) is 0 Å². The molecule has 0 spiro atoms. The summed E-state index contributed by atoms with van der Waals surface area (Å²) in [7, 11) is 0. The van der Waals surface area contributed by atoms with Crippen LogP contribution < -0.4 is 11.1 Å². The van der Waals surface area contributed by atoms with Crippen molar-refractivity contribution >= 4 is 34.9 Å². The van der Waals surface area contributed by atoms with Crippen LogP contribution in [0.4, 0.5) is 0 Å². The topological polar surface area (TPSA) is 55.1 Å². The van der Waals surface area contributed by atoms with E-state index in [4.69, 9.17) is 18.0 Å². The maximum Gasteiger partial charge on any atom is 0.233 e. The fourth-order valence-corrected chi connectivity index (χ4v) is 4.40. The van der Waals surface area contributed by atoms with E-state index in [1.807, 2.05) is 11.8 Å². The van der Waals surface area contributed by atoms with E-state index >= 15 is 0 Å². The van der Waals surface area contributed by atoms with Gasteiger partial charge in [0.2, 0.25) is 5.91 Å². The first-order valence-corrected chi connectivity index (χ1v) is 8.81. The molecule has 0 aliphatic heterocycles. The number of thiocarbonyl (C=S) groups is 1. The summed E-state index contributed by atoms with van der Waals surface area (Å²) in [5.41, 5.74) is 5.26. The van der Waals surface area contributed by atoms with E-state index in [1.54, 1.807) is 0 Å². The number of thioether (sulfide) groups is 1. The van der Waals surface area contributed by atoms with Crippen molar-refractivity contribution < 1.29 is 4.79 Å². The van der Waals surface area contributed by atoms with Crippen LogP contribution in [0.3, 0.4) is 0 Å². The van der Waals surface area contributed by atoms with Crippen LogP contribution in [0.1, 0.15) is 45.4 Å². The van der Waals surface area contributed by atoms with E-state index < -0.39 is 5.41 Å². The molecule has 5 heteroatoms. The molecule has 0 aromatic heterocycles. The number of carbonyl (C=O) groups is 1. The molecule has 2 aliphatic rings. The first kappa shape index (κ1) is 15.1. The monoisotopic (exact) mass is 300 g/mol. The van der Waals surface area contributed by atoms with E-state index in [0.717, 1.165) is 30.9 Å². The molecule has 0 radical (unpaired) electrons. The molecular formula is C14H24N2OS2. The molecule has 2 rings (SSSR count). The quantitative estimate of drug-likeness (QED) is 0.783. The average Bonchev–Trinajstić information content (AvgIpc) is 2.35. The zero-order chi connectivity index (χ0) is 14.0. The van der Waals surface area contributed by atoms with Gasteiger partial charge in [-0.2, -0.15) is 11.8 Å². The molecule has 0 bridgehead atoms. The summed E-state index contributed by atoms with van der Waals surface area (Å²) in [5, 5.41) is 3.96. The molecule has 2 fully saturated rings. The maximum absolute atomic E-state index is 12.5. The van der Waals surface area contributed by atoms with Gasteiger partial charge in [-0.25, -0.2) is 0 Å². The Kier molecular flexibility index (Phi) is 4.77. The van der Waals surface area contributed by atoms with Crippen molar-refractivity contribution in [3.63, 3.8) is 0 Å². The molecule has 3 nitrogen and oxygen atoms in total. The van der Waals surface area contributed by atoms with Gasteiger partial charge in [-0.1, -0.05) is 19.1 Å². The minimum absolute atomic E-state index is 0.0747. The Labute approximate surface area is 125 Å². The third kappa shape index (κ3) is 3.07. The summed E-state index contributed by atoms with van der Waals surface area (Å²) in [4.78, 5) is 12.8. The molecule has 0 heterocycles. The minimum Gasteiger partial charge on any atom is -0.392 e. The highest BCUT2D eigenvalue weighted by Crippen LogP contribution is 2.46. The van der Waals surface area contributed by atoms with Crippen molar-refractivity contribution in [2.75, 3.05) is 6.26 Å². The predicted octanol–water partition coefficient (Wildman–Crippen LogP) is 2.48. The van der Waals surface area contributed by atoms with Gasteiger partial charge in [0.15, 0.2) is 0 Å². The molecule has 0 atom stereocenters. The van der Waals surface area contributed by atoms with Gasteiger partial charge in [-0.05, 0) is 50.7 Å². The van der Waals surface area contributed by atoms with Crippen LogP contribution in [-0.2, 0) is 4.79 Å². The first-order chi connectivity index (χ1) is 8.98. The number of nitrogens with one attached hydrogen (secondary N) is 1. The fraction of sp³-hybridized carbons (Fsp3) is 0.857. The van der Waals surface area contributed by atoms with Gasteiger partial charge < -0.3 is 11.1 Å². The second-order valence-corrected chi connectivity index (χ2v) is 7.72. The number of amides is 1. The van der Waals surface area contributed by atoms with Gasteiger partial charge in [-0.3, -0.25) is 4.79 Å². The van der Waals surface area contributed by atoms with Crippen LogP contribution in [0.15, 0.2) is 0 Å². The number of hydrogen-bond acceptors (Lipinski definition) is 3. The number of carbonyl (C=O) groups excluding carboxylic acids is 1. The van der Waals surface area contributed by atoms with E-state index in [0.29, 0.717) is 16.9 Å². The first-order valence-electron chi connectivity index (χ1n) is 7.11. The second kappa shape index (κ2) is 6.00. The molecule has 19 heavy (non-hydrogen) atoms. The van der Waals surface area contributed by atoms with Gasteiger partial charge in [0.05, 0.1) is 10.4 Å². The smallest absolute Gasteiger partial charge is 0.233 e. The van der Waals surface area contributed by atoms with Crippen molar-refractivity contribution in [2.24, 2.45) is 17.1 Å². The summed E-state index contributed by atoms with van der Waals surface area (Å²) in [6.07, 6.45) is 8.36. The van der Waals surface area contributed by atoms with Gasteiger partial charge >= 0.3 is 0 Å². The summed E-state index contributed by atoms with van der Waals surface area (Å²) in [6, 6.07) is 0.318. The Morgan fingerprint density at radius 1 is 1.32 bits per heavy atom. The molecule has 0 aromatic carbocycles. The van der Waals surface area contributed by atoms with Gasteiger partial charge in [-0.15, -0.1) is 0 Å². The Bertz CT molecular complexity index is 358. The predicted molar refractivity (Wildman–Crippen MR) is 85.3 cm³/mol. The van der Waals surface area contributed by atoms with E-state index in [-0.39, 0.29) is 5.91 Å². The lowest BCUT2D eigenvalue weighted by Crippen LogP contribution is -2.57. The Morgan fingerprint density at radius 2 is 1.89 bits per heavy atom. The fourth-order valence-electron chi connectivity index (χ4n) is 3.39. The molecule has 108 valence electrons. The third-order valence-electron chi connectivity index (χ3n) is 4.64. The summed E-state index contributed by atoms with van der Waals surface area (Å²) in [5.74, 6) is 0.630. The van der Waals surface area contributed by atoms with E-state index in [9.17, 15) is 4.79 Å². The summed E-state index contributed by atoms with van der Waals surface area (Å²) in [6.45, 7) is 2.15. The van der Waals surface area contributed by atoms with Crippen molar-refractivity contribution in [2.45, 2.75) is 56.7 Å². The standard InChI is InChI=1S/C14H24N2OS2/c1-9-7-14(8-9,12(15)18)13(17)16-10-3-5-11(19-2)6-4-10/h9-11H,3-8H2,1-2H3,(H2,15,18)(H,16,17). The van der Waals surface area contributed by atoms with Crippen molar-refractivity contribution in [3.05, 3.63) is 0 Å². The van der Waals surface area contributed by atoms with Crippen molar-refractivity contribution in [1.82, 2.24) is 5.32 Å². The summed E-state index contributed by atoms with van der Waals surface area (Å²) < 4.78 is 0. The van der Waals surface area contributed by atoms with Crippen LogP contribution in [0.25, 0.3) is 0 Å². The molecule has 0 saturated heterocycles. The normalized spacial score (nSPS) is 38.3. The molecular weight excluding hydrogens is 276 g/mol. The van der Waals surface area contributed by atoms with Gasteiger partial charge in [0, 0.05) is 11.3 Å². The lowest BCUT2D eigenvalue weighted by Gasteiger charge is -2.45. The van der Waals surface area contributed by atoms with E-state index in [2.05, 4.69) is 18.5 Å².